The highest BCUT2D eigenvalue weighted by Crippen LogP contribution is 2.15. The van der Waals surface area contributed by atoms with Crippen molar-refractivity contribution in [3.05, 3.63) is 34.9 Å². The third-order valence-electron chi connectivity index (χ3n) is 2.01. The van der Waals surface area contributed by atoms with E-state index < -0.39 is 5.54 Å². The SMILES string of the molecule is CC(C)(CON)NC(=O)c1ccccc1Cl. The van der Waals surface area contributed by atoms with Crippen molar-refractivity contribution >= 4 is 17.5 Å². The first-order valence-electron chi connectivity index (χ1n) is 4.85. The van der Waals surface area contributed by atoms with Gasteiger partial charge in [-0.05, 0) is 26.0 Å². The molecule has 0 radical (unpaired) electrons. The number of nitrogens with two attached hydrogens (primary N) is 1. The Kier molecular flexibility index (Phi) is 4.29. The van der Waals surface area contributed by atoms with E-state index in [1.54, 1.807) is 24.3 Å². The van der Waals surface area contributed by atoms with Crippen LogP contribution in [0.5, 0.6) is 0 Å². The summed E-state index contributed by atoms with van der Waals surface area (Å²) in [7, 11) is 0. The minimum atomic E-state index is -0.537. The average molecular weight is 243 g/mol. The van der Waals surface area contributed by atoms with Crippen molar-refractivity contribution < 1.29 is 9.63 Å². The smallest absolute Gasteiger partial charge is 0.253 e. The zero-order valence-corrected chi connectivity index (χ0v) is 10.0. The van der Waals surface area contributed by atoms with Crippen LogP contribution in [0.25, 0.3) is 0 Å². The number of carbonyl (C=O) groups excluding carboxylic acids is 1. The van der Waals surface area contributed by atoms with Gasteiger partial charge in [0.15, 0.2) is 0 Å². The highest BCUT2D eigenvalue weighted by Gasteiger charge is 2.22. The molecule has 0 atom stereocenters. The number of rotatable bonds is 4. The monoisotopic (exact) mass is 242 g/mol. The lowest BCUT2D eigenvalue weighted by molar-refractivity contribution is 0.0687. The summed E-state index contributed by atoms with van der Waals surface area (Å²) in [4.78, 5) is 16.4. The quantitative estimate of drug-likeness (QED) is 0.791. The van der Waals surface area contributed by atoms with E-state index in [1.807, 2.05) is 13.8 Å². The fourth-order valence-corrected chi connectivity index (χ4v) is 1.49. The fourth-order valence-electron chi connectivity index (χ4n) is 1.26. The van der Waals surface area contributed by atoms with E-state index in [1.165, 1.54) is 0 Å². The van der Waals surface area contributed by atoms with E-state index >= 15 is 0 Å². The van der Waals surface area contributed by atoms with Crippen LogP contribution in [-0.2, 0) is 4.84 Å². The summed E-state index contributed by atoms with van der Waals surface area (Å²) in [5.74, 6) is 4.74. The lowest BCUT2D eigenvalue weighted by Crippen LogP contribution is -2.47. The van der Waals surface area contributed by atoms with Crippen LogP contribution in [0.4, 0.5) is 0 Å². The van der Waals surface area contributed by atoms with Crippen molar-refractivity contribution in [3.63, 3.8) is 0 Å². The molecule has 16 heavy (non-hydrogen) atoms. The lowest BCUT2D eigenvalue weighted by Gasteiger charge is -2.24. The molecule has 0 aromatic heterocycles. The van der Waals surface area contributed by atoms with Crippen LogP contribution in [0.1, 0.15) is 24.2 Å². The predicted molar refractivity (Wildman–Crippen MR) is 63.1 cm³/mol. The van der Waals surface area contributed by atoms with Crippen molar-refractivity contribution in [1.29, 1.82) is 0 Å². The van der Waals surface area contributed by atoms with E-state index in [4.69, 9.17) is 17.5 Å². The zero-order chi connectivity index (χ0) is 12.2. The molecule has 0 saturated carbocycles. The van der Waals surface area contributed by atoms with Crippen LogP contribution in [-0.4, -0.2) is 18.1 Å². The topological polar surface area (TPSA) is 64.3 Å². The number of halogens is 1. The molecule has 1 aromatic carbocycles. The molecule has 1 aromatic rings. The van der Waals surface area contributed by atoms with Crippen molar-refractivity contribution in [2.75, 3.05) is 6.61 Å². The molecule has 0 heterocycles. The van der Waals surface area contributed by atoms with Crippen LogP contribution < -0.4 is 11.2 Å². The standard InChI is InChI=1S/C11H15ClN2O2/c1-11(2,7-16-13)14-10(15)8-5-3-4-6-9(8)12/h3-6H,7,13H2,1-2H3,(H,14,15). The van der Waals surface area contributed by atoms with Gasteiger partial charge in [0.05, 0.1) is 22.7 Å². The van der Waals surface area contributed by atoms with Gasteiger partial charge in [-0.15, -0.1) is 0 Å². The number of carbonyl (C=O) groups is 1. The maximum absolute atomic E-state index is 11.9. The van der Waals surface area contributed by atoms with Gasteiger partial charge in [0, 0.05) is 0 Å². The van der Waals surface area contributed by atoms with Gasteiger partial charge in [-0.2, -0.15) is 0 Å². The normalized spacial score (nSPS) is 11.2. The van der Waals surface area contributed by atoms with Crippen LogP contribution in [0, 0.1) is 0 Å². The molecular weight excluding hydrogens is 228 g/mol. The predicted octanol–water partition coefficient (Wildman–Crippen LogP) is 1.74. The van der Waals surface area contributed by atoms with Crippen LogP contribution in [0.2, 0.25) is 5.02 Å². The van der Waals surface area contributed by atoms with Crippen molar-refractivity contribution in [2.45, 2.75) is 19.4 Å². The average Bonchev–Trinajstić information content (AvgIpc) is 2.17. The lowest BCUT2D eigenvalue weighted by atomic mass is 10.1. The summed E-state index contributed by atoms with van der Waals surface area (Å²) < 4.78 is 0. The third-order valence-corrected chi connectivity index (χ3v) is 2.34. The Morgan fingerprint density at radius 3 is 2.69 bits per heavy atom. The molecule has 0 aliphatic rings. The maximum Gasteiger partial charge on any atom is 0.253 e. The summed E-state index contributed by atoms with van der Waals surface area (Å²) in [6.45, 7) is 3.85. The van der Waals surface area contributed by atoms with Crippen molar-refractivity contribution in [2.24, 2.45) is 5.90 Å². The van der Waals surface area contributed by atoms with E-state index in [0.717, 1.165) is 0 Å². The number of benzene rings is 1. The molecule has 0 aliphatic carbocycles. The van der Waals surface area contributed by atoms with Crippen molar-refractivity contribution in [1.82, 2.24) is 5.32 Å². The van der Waals surface area contributed by atoms with Gasteiger partial charge in [0.2, 0.25) is 0 Å². The Balaban J connectivity index is 2.77. The molecule has 0 saturated heterocycles. The summed E-state index contributed by atoms with van der Waals surface area (Å²) in [6.07, 6.45) is 0. The number of hydrogen-bond acceptors (Lipinski definition) is 3. The largest absolute Gasteiger partial charge is 0.345 e. The summed E-state index contributed by atoms with van der Waals surface area (Å²) in [6, 6.07) is 6.86. The second-order valence-corrected chi connectivity index (χ2v) is 4.54. The van der Waals surface area contributed by atoms with Crippen molar-refractivity contribution in [3.8, 4) is 0 Å². The fraction of sp³-hybridized carbons (Fsp3) is 0.364. The molecule has 3 N–H and O–H groups in total. The number of amides is 1. The first kappa shape index (κ1) is 13.0. The molecule has 0 aliphatic heterocycles. The Bertz CT molecular complexity index is 380. The molecule has 88 valence electrons. The van der Waals surface area contributed by atoms with Gasteiger partial charge in [-0.1, -0.05) is 23.7 Å². The first-order chi connectivity index (χ1) is 7.46. The highest BCUT2D eigenvalue weighted by molar-refractivity contribution is 6.33. The molecule has 4 nitrogen and oxygen atoms in total. The van der Waals surface area contributed by atoms with Crippen LogP contribution >= 0.6 is 11.6 Å². The number of nitrogens with one attached hydrogen (secondary N) is 1. The first-order valence-corrected chi connectivity index (χ1v) is 5.23. The van der Waals surface area contributed by atoms with Gasteiger partial charge in [-0.3, -0.25) is 4.79 Å². The molecule has 1 amide bonds. The van der Waals surface area contributed by atoms with Crippen LogP contribution in [0.3, 0.4) is 0 Å². The Morgan fingerprint density at radius 1 is 1.50 bits per heavy atom. The molecular formula is C11H15ClN2O2. The Morgan fingerprint density at radius 2 is 2.12 bits per heavy atom. The molecule has 0 bridgehead atoms. The molecule has 0 unspecified atom stereocenters. The zero-order valence-electron chi connectivity index (χ0n) is 9.29. The molecule has 5 heteroatoms. The maximum atomic E-state index is 11.9. The van der Waals surface area contributed by atoms with Gasteiger partial charge in [-0.25, -0.2) is 5.90 Å². The summed E-state index contributed by atoms with van der Waals surface area (Å²) >= 11 is 5.91. The van der Waals surface area contributed by atoms with E-state index in [9.17, 15) is 4.79 Å². The summed E-state index contributed by atoms with van der Waals surface area (Å²) in [5, 5.41) is 3.21. The Hall–Kier alpha value is -1.10. The highest BCUT2D eigenvalue weighted by atomic mass is 35.5. The number of hydrogen-bond donors (Lipinski definition) is 2. The van der Waals surface area contributed by atoms with Gasteiger partial charge in [0.25, 0.3) is 5.91 Å². The van der Waals surface area contributed by atoms with E-state index in [0.29, 0.717) is 10.6 Å². The van der Waals surface area contributed by atoms with E-state index in [2.05, 4.69) is 10.2 Å². The minimum absolute atomic E-state index is 0.225. The van der Waals surface area contributed by atoms with Gasteiger partial charge >= 0.3 is 0 Å². The van der Waals surface area contributed by atoms with Crippen LogP contribution in [0.15, 0.2) is 24.3 Å². The summed E-state index contributed by atoms with van der Waals surface area (Å²) in [5.41, 5.74) is -0.0976. The van der Waals surface area contributed by atoms with E-state index in [-0.39, 0.29) is 12.5 Å². The third kappa shape index (κ3) is 3.48. The van der Waals surface area contributed by atoms with Gasteiger partial charge < -0.3 is 10.2 Å². The molecule has 0 spiro atoms. The Labute approximate surface area is 99.7 Å². The second kappa shape index (κ2) is 5.30. The molecule has 0 fully saturated rings. The second-order valence-electron chi connectivity index (χ2n) is 4.13. The molecule has 1 rings (SSSR count). The minimum Gasteiger partial charge on any atom is -0.345 e. The van der Waals surface area contributed by atoms with Gasteiger partial charge in [0.1, 0.15) is 0 Å².